The molecular formula is C14H16NO4S2+. The topological polar surface area (TPSA) is 67.5 Å². The van der Waals surface area contributed by atoms with Crippen LogP contribution >= 0.6 is 11.3 Å². The highest BCUT2D eigenvalue weighted by atomic mass is 32.3. The maximum Gasteiger partial charge on any atom is 0.397 e. The summed E-state index contributed by atoms with van der Waals surface area (Å²) in [7, 11) is -1.15. The van der Waals surface area contributed by atoms with Crippen molar-refractivity contribution in [2.24, 2.45) is 7.05 Å². The molecule has 0 fully saturated rings. The number of hydrogen-bond acceptors (Lipinski definition) is 4. The zero-order chi connectivity index (χ0) is 15.6. The summed E-state index contributed by atoms with van der Waals surface area (Å²) in [6.45, 7) is 2.17. The fourth-order valence-corrected chi connectivity index (χ4v) is 3.07. The van der Waals surface area contributed by atoms with Crippen LogP contribution in [-0.4, -0.2) is 20.1 Å². The lowest BCUT2D eigenvalue weighted by atomic mass is 10.1. The minimum absolute atomic E-state index is 0.870. The van der Waals surface area contributed by atoms with Gasteiger partial charge in [0.05, 0.1) is 12.5 Å². The Hall–Kier alpha value is -1.54. The van der Waals surface area contributed by atoms with Crippen molar-refractivity contribution in [1.82, 2.24) is 0 Å². The van der Waals surface area contributed by atoms with Gasteiger partial charge in [0.15, 0.2) is 0 Å². The van der Waals surface area contributed by atoms with Crippen LogP contribution in [0.2, 0.25) is 0 Å². The van der Waals surface area contributed by atoms with Gasteiger partial charge in [-0.05, 0) is 17.5 Å². The number of rotatable bonds is 1. The fraction of sp³-hybridized carbons (Fsp3) is 0.214. The van der Waals surface area contributed by atoms with E-state index in [1.165, 1.54) is 26.0 Å². The number of aromatic nitrogens is 1. The predicted octanol–water partition coefficient (Wildman–Crippen LogP) is 2.62. The normalized spacial score (nSPS) is 11.4. The van der Waals surface area contributed by atoms with Crippen molar-refractivity contribution in [2.45, 2.75) is 6.92 Å². The Labute approximate surface area is 127 Å². The molecule has 2 aromatic carbocycles. The van der Waals surface area contributed by atoms with Crippen LogP contribution in [0, 0.1) is 6.92 Å². The zero-order valence-corrected chi connectivity index (χ0v) is 13.5. The van der Waals surface area contributed by atoms with Gasteiger partial charge in [0.2, 0.25) is 10.5 Å². The van der Waals surface area contributed by atoms with Crippen LogP contribution < -0.4 is 4.57 Å². The quantitative estimate of drug-likeness (QED) is 0.551. The van der Waals surface area contributed by atoms with E-state index in [9.17, 15) is 8.42 Å². The van der Waals surface area contributed by atoms with E-state index in [1.807, 2.05) is 11.3 Å². The van der Waals surface area contributed by atoms with Crippen molar-refractivity contribution < 1.29 is 21.7 Å². The number of thiazole rings is 1. The first-order valence-electron chi connectivity index (χ1n) is 6.13. The molecule has 0 radical (unpaired) electrons. The summed E-state index contributed by atoms with van der Waals surface area (Å²) < 4.78 is 33.4. The molecule has 1 heterocycles. The highest BCUT2D eigenvalue weighted by Crippen LogP contribution is 2.27. The molecule has 0 amide bonds. The van der Waals surface area contributed by atoms with E-state index in [1.54, 1.807) is 0 Å². The van der Waals surface area contributed by atoms with E-state index in [-0.39, 0.29) is 0 Å². The van der Waals surface area contributed by atoms with Gasteiger partial charge in [-0.1, -0.05) is 35.6 Å². The Morgan fingerprint density at radius 3 is 2.43 bits per heavy atom. The smallest absolute Gasteiger partial charge is 0.264 e. The average molecular weight is 326 g/mol. The Kier molecular flexibility index (Phi) is 4.58. The molecule has 0 aliphatic rings. The fourth-order valence-electron chi connectivity index (χ4n) is 2.05. The summed E-state index contributed by atoms with van der Waals surface area (Å²) in [6.07, 6.45) is 0. The van der Waals surface area contributed by atoms with Crippen molar-refractivity contribution in [3.8, 4) is 0 Å². The molecule has 21 heavy (non-hydrogen) atoms. The Morgan fingerprint density at radius 1 is 1.19 bits per heavy atom. The van der Waals surface area contributed by atoms with E-state index in [0.717, 1.165) is 7.11 Å². The third-order valence-electron chi connectivity index (χ3n) is 3.14. The van der Waals surface area contributed by atoms with Crippen molar-refractivity contribution in [2.75, 3.05) is 7.11 Å². The number of hydrogen-bond donors (Lipinski definition) is 1. The number of aryl methyl sites for hydroxylation is 2. The molecule has 0 unspecified atom stereocenters. The number of fused-ring (bicyclic) bond motifs is 3. The van der Waals surface area contributed by atoms with E-state index >= 15 is 0 Å². The van der Waals surface area contributed by atoms with Crippen LogP contribution in [0.15, 0.2) is 36.4 Å². The lowest BCUT2D eigenvalue weighted by molar-refractivity contribution is -0.645. The summed E-state index contributed by atoms with van der Waals surface area (Å²) in [5.41, 5.74) is 1.36. The monoisotopic (exact) mass is 326 g/mol. The third kappa shape index (κ3) is 3.56. The van der Waals surface area contributed by atoms with Crippen LogP contribution in [0.1, 0.15) is 5.01 Å². The second-order valence-corrected chi connectivity index (χ2v) is 6.83. The number of benzene rings is 2. The molecule has 0 aliphatic heterocycles. The largest absolute Gasteiger partial charge is 0.397 e. The average Bonchev–Trinajstić information content (AvgIpc) is 2.74. The van der Waals surface area contributed by atoms with Crippen LogP contribution in [0.4, 0.5) is 0 Å². The molecular weight excluding hydrogens is 310 g/mol. The molecule has 5 nitrogen and oxygen atoms in total. The third-order valence-corrected chi connectivity index (χ3v) is 4.68. The maximum absolute atomic E-state index is 9.33. The lowest BCUT2D eigenvalue weighted by Gasteiger charge is -1.95. The summed E-state index contributed by atoms with van der Waals surface area (Å²) in [5, 5.41) is 4.02. The molecule has 3 rings (SSSR count). The molecule has 0 spiro atoms. The van der Waals surface area contributed by atoms with Gasteiger partial charge in [-0.25, -0.2) is 0 Å². The molecule has 1 N–H and O–H groups in total. The summed E-state index contributed by atoms with van der Waals surface area (Å²) in [6, 6.07) is 13.0. The van der Waals surface area contributed by atoms with Gasteiger partial charge in [-0.3, -0.25) is 8.74 Å². The van der Waals surface area contributed by atoms with E-state index < -0.39 is 10.4 Å². The predicted molar refractivity (Wildman–Crippen MR) is 83.8 cm³/mol. The molecule has 0 aliphatic carbocycles. The second kappa shape index (κ2) is 6.07. The minimum Gasteiger partial charge on any atom is -0.264 e. The Bertz CT molecular complexity index is 885. The minimum atomic E-state index is -4.16. The van der Waals surface area contributed by atoms with Crippen molar-refractivity contribution in [3.05, 3.63) is 41.4 Å². The van der Waals surface area contributed by atoms with Gasteiger partial charge < -0.3 is 0 Å². The molecule has 0 atom stereocenters. The van der Waals surface area contributed by atoms with Crippen molar-refractivity contribution in [1.29, 1.82) is 0 Å². The summed E-state index contributed by atoms with van der Waals surface area (Å²) in [4.78, 5) is 0. The lowest BCUT2D eigenvalue weighted by Crippen LogP contribution is -2.28. The molecule has 0 saturated carbocycles. The van der Waals surface area contributed by atoms with E-state index in [2.05, 4.69) is 59.1 Å². The molecule has 7 heteroatoms. The van der Waals surface area contributed by atoms with Gasteiger partial charge in [0, 0.05) is 6.92 Å². The van der Waals surface area contributed by atoms with E-state index in [4.69, 9.17) is 4.55 Å². The number of nitrogens with zero attached hydrogens (tertiary/aromatic N) is 1. The summed E-state index contributed by atoms with van der Waals surface area (Å²) >= 11 is 1.86. The second-order valence-electron chi connectivity index (χ2n) is 4.41. The first kappa shape index (κ1) is 15.8. The first-order valence-corrected chi connectivity index (χ1v) is 8.31. The van der Waals surface area contributed by atoms with Gasteiger partial charge >= 0.3 is 10.4 Å². The molecule has 1 aromatic heterocycles. The highest BCUT2D eigenvalue weighted by molar-refractivity contribution is 7.80. The van der Waals surface area contributed by atoms with Crippen molar-refractivity contribution >= 4 is 42.7 Å². The van der Waals surface area contributed by atoms with Crippen LogP contribution in [0.5, 0.6) is 0 Å². The van der Waals surface area contributed by atoms with Crippen LogP contribution in [0.3, 0.4) is 0 Å². The van der Waals surface area contributed by atoms with Gasteiger partial charge in [0.25, 0.3) is 0 Å². The Balaban J connectivity index is 0.000000232. The van der Waals surface area contributed by atoms with Gasteiger partial charge in [0.1, 0.15) is 11.7 Å². The van der Waals surface area contributed by atoms with Gasteiger partial charge in [-0.2, -0.15) is 13.0 Å². The SMILES string of the molecule is COS(=O)(=O)O.Cc1sc2ccc3ccccc3c2[n+]1C. The summed E-state index contributed by atoms with van der Waals surface area (Å²) in [5.74, 6) is 0. The van der Waals surface area contributed by atoms with Crippen LogP contribution in [-0.2, 0) is 21.6 Å². The van der Waals surface area contributed by atoms with Crippen molar-refractivity contribution in [3.63, 3.8) is 0 Å². The molecule has 112 valence electrons. The van der Waals surface area contributed by atoms with E-state index in [0.29, 0.717) is 0 Å². The molecule has 0 bridgehead atoms. The molecule has 3 aromatic rings. The molecule has 0 saturated heterocycles. The highest BCUT2D eigenvalue weighted by Gasteiger charge is 2.15. The maximum atomic E-state index is 9.33. The standard InChI is InChI=1S/C13H12NS.CH4O4S/c1-9-14(2)13-11-6-4-3-5-10(11)7-8-12(13)15-9;1-5-6(2,3)4/h3-8H,1-2H3;1H3,(H,2,3,4)/q+1;. The first-order chi connectivity index (χ1) is 9.83. The van der Waals surface area contributed by atoms with Gasteiger partial charge in [-0.15, -0.1) is 0 Å². The Morgan fingerprint density at radius 2 is 1.81 bits per heavy atom. The zero-order valence-electron chi connectivity index (χ0n) is 11.9. The van der Waals surface area contributed by atoms with Crippen LogP contribution in [0.25, 0.3) is 21.0 Å².